The van der Waals surface area contributed by atoms with Gasteiger partial charge in [-0.3, -0.25) is 10.1 Å². The highest BCUT2D eigenvalue weighted by Crippen LogP contribution is 2.27. The van der Waals surface area contributed by atoms with Crippen molar-refractivity contribution < 1.29 is 4.92 Å². The third-order valence-electron chi connectivity index (χ3n) is 2.57. The van der Waals surface area contributed by atoms with Crippen LogP contribution in [0.15, 0.2) is 24.4 Å². The number of nitrogens with zero attached hydrogens (tertiary/aromatic N) is 4. The van der Waals surface area contributed by atoms with Crippen LogP contribution >= 0.6 is 23.2 Å². The highest BCUT2D eigenvalue weighted by atomic mass is 35.5. The third kappa shape index (κ3) is 2.85. The van der Waals surface area contributed by atoms with Crippen LogP contribution in [0, 0.1) is 10.1 Å². The van der Waals surface area contributed by atoms with Gasteiger partial charge in [0.1, 0.15) is 11.4 Å². The number of aromatic nitrogens is 3. The molecule has 0 aliphatic rings. The second-order valence-electron chi connectivity index (χ2n) is 3.85. The van der Waals surface area contributed by atoms with E-state index in [1.165, 1.54) is 22.9 Å². The van der Waals surface area contributed by atoms with Crippen molar-refractivity contribution in [1.82, 2.24) is 15.0 Å². The molecule has 0 amide bonds. The van der Waals surface area contributed by atoms with Crippen molar-refractivity contribution in [2.75, 3.05) is 0 Å². The first kappa shape index (κ1) is 13.8. The first-order valence-corrected chi connectivity index (χ1v) is 6.35. The maximum absolute atomic E-state index is 11.0. The molecule has 1 atom stereocenters. The molecule has 0 fully saturated rings. The molecule has 2 aromatic rings. The van der Waals surface area contributed by atoms with Gasteiger partial charge in [0.25, 0.3) is 5.69 Å². The van der Waals surface area contributed by atoms with E-state index in [0.717, 1.165) is 0 Å². The maximum atomic E-state index is 11.0. The van der Waals surface area contributed by atoms with Crippen LogP contribution in [0.3, 0.4) is 0 Å². The molecule has 0 aliphatic carbocycles. The predicted molar refractivity (Wildman–Crippen MR) is 71.9 cm³/mol. The van der Waals surface area contributed by atoms with Crippen LogP contribution in [-0.2, 0) is 0 Å². The second-order valence-corrected chi connectivity index (χ2v) is 4.82. The summed E-state index contributed by atoms with van der Waals surface area (Å²) in [5, 5.41) is 18.9. The number of halogens is 2. The van der Waals surface area contributed by atoms with E-state index >= 15 is 0 Å². The molecule has 0 saturated carbocycles. The maximum Gasteiger partial charge on any atom is 0.295 e. The van der Waals surface area contributed by atoms with E-state index in [0.29, 0.717) is 17.1 Å². The number of nitro groups is 1. The van der Waals surface area contributed by atoms with Gasteiger partial charge in [0, 0.05) is 11.1 Å². The Labute approximate surface area is 119 Å². The zero-order valence-electron chi connectivity index (χ0n) is 9.96. The van der Waals surface area contributed by atoms with Crippen LogP contribution in [0.1, 0.15) is 24.4 Å². The third-order valence-corrected chi connectivity index (χ3v) is 3.34. The fourth-order valence-corrected chi connectivity index (χ4v) is 1.85. The van der Waals surface area contributed by atoms with Gasteiger partial charge in [-0.05, 0) is 18.6 Å². The zero-order valence-corrected chi connectivity index (χ0v) is 11.5. The quantitative estimate of drug-likeness (QED) is 0.492. The molecule has 6 nitrogen and oxygen atoms in total. The summed E-state index contributed by atoms with van der Waals surface area (Å²) < 4.78 is 1.31. The molecule has 100 valence electrons. The van der Waals surface area contributed by atoms with E-state index < -0.39 is 4.92 Å². The average Bonchev–Trinajstić information content (AvgIpc) is 2.86. The monoisotopic (exact) mass is 300 g/mol. The van der Waals surface area contributed by atoms with Crippen molar-refractivity contribution in [3.63, 3.8) is 0 Å². The Kier molecular flexibility index (Phi) is 4.01. The smallest absolute Gasteiger partial charge is 0.258 e. The highest BCUT2D eigenvalue weighted by Gasteiger charge is 2.18. The standard InChI is InChI=1S/C11H10Cl2N4O2/c1-2-8(13)9-6-16(15-14-9)11-5-7(12)3-4-10(11)17(18)19/h3-6,8H,2H2,1H3. The number of benzene rings is 1. The number of hydrogen-bond acceptors (Lipinski definition) is 4. The first-order chi connectivity index (χ1) is 9.02. The topological polar surface area (TPSA) is 73.8 Å². The minimum absolute atomic E-state index is 0.0940. The second kappa shape index (κ2) is 5.54. The molecule has 0 radical (unpaired) electrons. The van der Waals surface area contributed by atoms with Gasteiger partial charge in [-0.15, -0.1) is 16.7 Å². The van der Waals surface area contributed by atoms with Crippen LogP contribution in [0.5, 0.6) is 0 Å². The van der Waals surface area contributed by atoms with Gasteiger partial charge in [0.2, 0.25) is 0 Å². The van der Waals surface area contributed by atoms with Crippen molar-refractivity contribution in [3.8, 4) is 5.69 Å². The normalized spacial score (nSPS) is 12.4. The van der Waals surface area contributed by atoms with Gasteiger partial charge in [0.15, 0.2) is 0 Å². The number of rotatable bonds is 4. The van der Waals surface area contributed by atoms with Gasteiger partial charge >= 0.3 is 0 Å². The van der Waals surface area contributed by atoms with E-state index in [-0.39, 0.29) is 16.8 Å². The van der Waals surface area contributed by atoms with Gasteiger partial charge in [0.05, 0.1) is 16.5 Å². The van der Waals surface area contributed by atoms with E-state index in [1.807, 2.05) is 6.92 Å². The summed E-state index contributed by atoms with van der Waals surface area (Å²) in [6, 6.07) is 4.25. The van der Waals surface area contributed by atoms with Gasteiger partial charge < -0.3 is 0 Å². The van der Waals surface area contributed by atoms with Crippen LogP contribution in [0.2, 0.25) is 5.02 Å². The predicted octanol–water partition coefficient (Wildman–Crippen LogP) is 3.52. The summed E-state index contributed by atoms with van der Waals surface area (Å²) >= 11 is 11.9. The first-order valence-electron chi connectivity index (χ1n) is 5.53. The lowest BCUT2D eigenvalue weighted by Gasteiger charge is -2.02. The van der Waals surface area contributed by atoms with E-state index in [9.17, 15) is 10.1 Å². The minimum Gasteiger partial charge on any atom is -0.258 e. The van der Waals surface area contributed by atoms with Crippen LogP contribution in [0.25, 0.3) is 5.69 Å². The Morgan fingerprint density at radius 3 is 2.89 bits per heavy atom. The van der Waals surface area contributed by atoms with Crippen LogP contribution < -0.4 is 0 Å². The van der Waals surface area contributed by atoms with Crippen LogP contribution in [0.4, 0.5) is 5.69 Å². The molecular formula is C11H10Cl2N4O2. The van der Waals surface area contributed by atoms with E-state index in [1.54, 1.807) is 6.20 Å². The summed E-state index contributed by atoms with van der Waals surface area (Å²) in [5.74, 6) is 0. The minimum atomic E-state index is -0.495. The lowest BCUT2D eigenvalue weighted by atomic mass is 10.2. The molecule has 0 bridgehead atoms. The van der Waals surface area contributed by atoms with E-state index in [4.69, 9.17) is 23.2 Å². The molecule has 1 heterocycles. The lowest BCUT2D eigenvalue weighted by Crippen LogP contribution is -2.00. The molecule has 8 heteroatoms. The van der Waals surface area contributed by atoms with Crippen LogP contribution in [-0.4, -0.2) is 19.9 Å². The molecular weight excluding hydrogens is 291 g/mol. The molecule has 0 aliphatic heterocycles. The molecule has 2 rings (SSSR count). The van der Waals surface area contributed by atoms with Crippen molar-refractivity contribution in [2.45, 2.75) is 18.7 Å². The number of hydrogen-bond donors (Lipinski definition) is 0. The fraction of sp³-hybridized carbons (Fsp3) is 0.273. The summed E-state index contributed by atoms with van der Waals surface area (Å²) in [6.45, 7) is 1.92. The zero-order chi connectivity index (χ0) is 14.0. The van der Waals surface area contributed by atoms with Crippen molar-refractivity contribution in [1.29, 1.82) is 0 Å². The summed E-state index contributed by atoms with van der Waals surface area (Å²) in [7, 11) is 0. The Bertz CT molecular complexity index is 614. The summed E-state index contributed by atoms with van der Waals surface area (Å²) in [4.78, 5) is 10.5. The van der Waals surface area contributed by atoms with E-state index in [2.05, 4.69) is 10.3 Å². The average molecular weight is 301 g/mol. The molecule has 0 spiro atoms. The molecule has 1 unspecified atom stereocenters. The Hall–Kier alpha value is -1.66. The lowest BCUT2D eigenvalue weighted by molar-refractivity contribution is -0.384. The molecule has 1 aromatic heterocycles. The summed E-state index contributed by atoms with van der Waals surface area (Å²) in [6.07, 6.45) is 2.26. The van der Waals surface area contributed by atoms with Gasteiger partial charge in [-0.25, -0.2) is 4.68 Å². The summed E-state index contributed by atoms with van der Waals surface area (Å²) in [5.41, 5.74) is 0.734. The van der Waals surface area contributed by atoms with Crippen molar-refractivity contribution in [3.05, 3.63) is 45.2 Å². The Morgan fingerprint density at radius 2 is 2.26 bits per heavy atom. The highest BCUT2D eigenvalue weighted by molar-refractivity contribution is 6.30. The van der Waals surface area contributed by atoms with Gasteiger partial charge in [-0.1, -0.05) is 23.7 Å². The molecule has 0 saturated heterocycles. The molecule has 19 heavy (non-hydrogen) atoms. The Morgan fingerprint density at radius 1 is 1.53 bits per heavy atom. The number of alkyl halides is 1. The Balaban J connectivity index is 2.49. The van der Waals surface area contributed by atoms with Crippen molar-refractivity contribution in [2.24, 2.45) is 0 Å². The molecule has 0 N–H and O–H groups in total. The van der Waals surface area contributed by atoms with Gasteiger partial charge in [-0.2, -0.15) is 0 Å². The largest absolute Gasteiger partial charge is 0.295 e. The molecule has 1 aromatic carbocycles. The number of nitro benzene ring substituents is 1. The fourth-order valence-electron chi connectivity index (χ4n) is 1.58. The SMILES string of the molecule is CCC(Cl)c1cn(-c2cc(Cl)ccc2[N+](=O)[O-])nn1. The van der Waals surface area contributed by atoms with Crippen molar-refractivity contribution >= 4 is 28.9 Å².